The Kier molecular flexibility index (Phi) is 28.8. The summed E-state index contributed by atoms with van der Waals surface area (Å²) in [6, 6.07) is 34.6. The number of rotatable bonds is 31. The fraction of sp³-hybridized carbons (Fsp3) is 0.670. The van der Waals surface area contributed by atoms with Gasteiger partial charge in [-0.2, -0.15) is 0 Å². The van der Waals surface area contributed by atoms with Crippen molar-refractivity contribution in [1.82, 2.24) is 15.5 Å². The molecule has 20 fully saturated rings. The highest BCUT2D eigenvalue weighted by Gasteiger charge is 2.63. The highest BCUT2D eigenvalue weighted by molar-refractivity contribution is 5.83. The summed E-state index contributed by atoms with van der Waals surface area (Å²) in [6.45, 7) is 12.6. The summed E-state index contributed by atoms with van der Waals surface area (Å²) < 4.78 is 95.8. The monoisotopic (exact) mass is 1760 g/mol. The van der Waals surface area contributed by atoms with Gasteiger partial charge in [-0.25, -0.2) is 17.6 Å². The number of hydrogen-bond acceptors (Lipinski definition) is 12. The number of methoxy groups -OCH3 is 3. The first kappa shape index (κ1) is 92.5. The molecule has 4 aromatic rings. The van der Waals surface area contributed by atoms with E-state index in [0.717, 1.165) is 163 Å². The maximum Gasteiger partial charge on any atom is 0.226 e. The van der Waals surface area contributed by atoms with Gasteiger partial charge in [-0.15, -0.1) is 0 Å². The van der Waals surface area contributed by atoms with Crippen LogP contribution in [0.5, 0.6) is 23.0 Å². The Hall–Kier alpha value is -7.32. The molecular weight excluding hydrogens is 1620 g/mol. The topological polar surface area (TPSA) is 169 Å². The van der Waals surface area contributed by atoms with Gasteiger partial charge in [0.25, 0.3) is 0 Å². The van der Waals surface area contributed by atoms with Gasteiger partial charge in [-0.3, -0.25) is 19.2 Å². The molecule has 2 aliphatic heterocycles. The zero-order valence-corrected chi connectivity index (χ0v) is 77.5. The number of nitrogens with zero attached hydrogens (tertiary/aromatic N) is 1. The Labute approximate surface area is 759 Å². The lowest BCUT2D eigenvalue weighted by molar-refractivity contribution is -0.168. The number of fused-ring (bicyclic) bond motifs is 3. The van der Waals surface area contributed by atoms with E-state index in [2.05, 4.69) is 76.2 Å². The third kappa shape index (κ3) is 19.6. The minimum Gasteiger partial charge on any atom is -0.489 e. The zero-order chi connectivity index (χ0) is 89.1. The van der Waals surface area contributed by atoms with E-state index < -0.39 is 0 Å². The SMILES string of the molecule is CC/C(=C\F)COc1ccc(C23CC4CC(C2)C(C(=O)N2CC5(CCOCC5)C2)C(C4)C3)cc1.CC/C(=C\F)COc1ccc(C23CC4CC(C2)C(C(=O)NC2CC(OC)C2)C(C4)C3)cc1.CC/C(=C\F)COc1ccc(C23CC4CC(C2)C(C(=O)NC2CC(OC)C2)C(C4)C3)cc1.CC/C(=C\F)COc1ccc(C23CCC(CC(=O)C4CC(OC)C4)(CC2)CC3)cc1. The van der Waals surface area contributed by atoms with Crippen LogP contribution in [0.1, 0.15) is 268 Å². The van der Waals surface area contributed by atoms with E-state index in [0.29, 0.717) is 195 Å². The quantitative estimate of drug-likeness (QED) is 0.0458. The summed E-state index contributed by atoms with van der Waals surface area (Å²) in [5.41, 5.74) is 9.74. The molecule has 4 aromatic carbocycles. The molecule has 18 saturated carbocycles. The Morgan fingerprint density at radius 3 is 0.977 bits per heavy atom. The van der Waals surface area contributed by atoms with Crippen LogP contribution >= 0.6 is 0 Å². The van der Waals surface area contributed by atoms with E-state index in [-0.39, 0.29) is 50.7 Å². The summed E-state index contributed by atoms with van der Waals surface area (Å²) >= 11 is 0. The van der Waals surface area contributed by atoms with E-state index in [1.807, 2.05) is 64.1 Å². The molecule has 1 spiro atoms. The molecule has 2 N–H and O–H groups in total. The van der Waals surface area contributed by atoms with Gasteiger partial charge in [0, 0.05) is 95.2 Å². The maximum atomic E-state index is 13.7. The van der Waals surface area contributed by atoms with Crippen molar-refractivity contribution in [2.75, 3.05) is 74.1 Å². The molecule has 15 nitrogen and oxygen atoms in total. The molecule has 6 atom stereocenters. The summed E-state index contributed by atoms with van der Waals surface area (Å²) in [7, 11) is 5.25. The number of amides is 3. The number of nitrogens with one attached hydrogen (secondary N) is 2. The highest BCUT2D eigenvalue weighted by atomic mass is 19.1. The number of likely N-dealkylation sites (tertiary alicyclic amines) is 1. The molecule has 2 saturated heterocycles. The first-order valence-corrected chi connectivity index (χ1v) is 49.8. The van der Waals surface area contributed by atoms with E-state index in [1.165, 1.54) is 119 Å². The molecule has 0 radical (unpaired) electrons. The lowest BCUT2D eigenvalue weighted by atomic mass is 9.44. The van der Waals surface area contributed by atoms with Crippen molar-refractivity contribution in [3.8, 4) is 23.0 Å². The Bertz CT molecular complexity index is 4370. The highest BCUT2D eigenvalue weighted by Crippen LogP contribution is 2.67. The van der Waals surface area contributed by atoms with Gasteiger partial charge in [0.05, 0.1) is 43.6 Å². The molecule has 14 bridgehead atoms. The predicted octanol–water partition coefficient (Wildman–Crippen LogP) is 22.6. The Morgan fingerprint density at radius 1 is 0.383 bits per heavy atom. The lowest BCUT2D eigenvalue weighted by Gasteiger charge is -2.61. The summed E-state index contributed by atoms with van der Waals surface area (Å²) in [5, 5.41) is 6.67. The van der Waals surface area contributed by atoms with Crippen molar-refractivity contribution in [3.63, 3.8) is 0 Å². The molecule has 6 unspecified atom stereocenters. The number of hydrogen-bond donors (Lipinski definition) is 2. The van der Waals surface area contributed by atoms with Crippen LogP contribution < -0.4 is 29.6 Å². The molecule has 19 heteroatoms. The zero-order valence-electron chi connectivity index (χ0n) is 77.5. The molecular formula is C109H145F4N3O12. The maximum absolute atomic E-state index is 13.7. The van der Waals surface area contributed by atoms with Crippen LogP contribution in [0.4, 0.5) is 17.6 Å². The number of benzene rings is 4. The number of carbonyl (C=O) groups excluding carboxylic acids is 4. The predicted molar refractivity (Wildman–Crippen MR) is 490 cm³/mol. The standard InChI is InChI=1S/C29H38FNO3.2C27H36FNO3.C26H35FO3/c1-2-20(16-30)17-34-25-5-3-24(4-6-25)29-13-21-11-22(14-29)26(23(12-21)15-29)27(32)31-18-28(19-31)7-9-33-10-8-28;2*1-3-17(15-28)16-32-23-6-4-21(5-7-23)27-12-18-8-19(13-27)25(20(9-18)14-27)26(30)29-22-10-24(11-22)31-2;1-3-19(17-27)18-30-22-6-4-21(5-7-22)26-11-8-25(9-12-26,10-13-26)16-24(28)20-14-23(15-20)29-2/h3-6,16,21-23,26H,2,7-15,17-19H2,1H3;2*4-7,15,18-20,22,24-25H,3,8-14,16H2,1-2H3,(H,29,30);4-7,17,20,23H,3,8-16,18H2,1-2H3/b20-16+;2*17-15+;19-17+. The fourth-order valence-corrected chi connectivity index (χ4v) is 28.7. The van der Waals surface area contributed by atoms with Crippen molar-refractivity contribution in [3.05, 3.63) is 167 Å². The minimum absolute atomic E-state index is 0.184. The van der Waals surface area contributed by atoms with Gasteiger partial charge in [-0.05, 0) is 385 Å². The summed E-state index contributed by atoms with van der Waals surface area (Å²) in [6.07, 6.45) is 39.7. The van der Waals surface area contributed by atoms with Crippen LogP contribution in [0, 0.1) is 87.8 Å². The Morgan fingerprint density at radius 2 is 0.680 bits per heavy atom. The van der Waals surface area contributed by atoms with Gasteiger partial charge in [-0.1, -0.05) is 76.2 Å². The summed E-state index contributed by atoms with van der Waals surface area (Å²) in [4.78, 5) is 55.0. The molecule has 18 aliphatic carbocycles. The second-order valence-corrected chi connectivity index (χ2v) is 43.4. The number of ether oxygens (including phenoxy) is 8. The van der Waals surface area contributed by atoms with Gasteiger partial charge in [0.15, 0.2) is 0 Å². The van der Waals surface area contributed by atoms with Crippen molar-refractivity contribution >= 4 is 23.5 Å². The first-order valence-electron chi connectivity index (χ1n) is 49.8. The lowest BCUT2D eigenvalue weighted by Crippen LogP contribution is -2.64. The van der Waals surface area contributed by atoms with Crippen LogP contribution in [0.15, 0.2) is 145 Å². The van der Waals surface area contributed by atoms with Crippen LogP contribution in [-0.4, -0.2) is 133 Å². The second kappa shape index (κ2) is 39.8. The normalized spacial score (nSPS) is 36.2. The molecule has 2 heterocycles. The molecule has 128 heavy (non-hydrogen) atoms. The Balaban J connectivity index is 0.000000120. The van der Waals surface area contributed by atoms with Gasteiger partial charge < -0.3 is 53.4 Å². The third-order valence-electron chi connectivity index (χ3n) is 36.0. The van der Waals surface area contributed by atoms with E-state index in [9.17, 15) is 36.7 Å². The van der Waals surface area contributed by atoms with E-state index in [1.54, 1.807) is 21.3 Å². The van der Waals surface area contributed by atoms with Crippen molar-refractivity contribution in [2.45, 2.75) is 298 Å². The first-order chi connectivity index (χ1) is 62.1. The van der Waals surface area contributed by atoms with Crippen molar-refractivity contribution in [1.29, 1.82) is 0 Å². The average Bonchev–Trinajstić information content (AvgIpc) is 0.720. The number of ketones is 1. The number of Topliss-reactive ketones (excluding diaryl/α,β-unsaturated/α-hetero) is 1. The van der Waals surface area contributed by atoms with Gasteiger partial charge >= 0.3 is 0 Å². The largest absolute Gasteiger partial charge is 0.489 e. The smallest absolute Gasteiger partial charge is 0.226 e. The molecule has 3 amide bonds. The van der Waals surface area contributed by atoms with Crippen LogP contribution in [0.3, 0.4) is 0 Å². The molecule has 20 aliphatic rings. The van der Waals surface area contributed by atoms with Gasteiger partial charge in [0.1, 0.15) is 55.2 Å². The minimum atomic E-state index is 0.184. The number of carbonyl (C=O) groups is 4. The van der Waals surface area contributed by atoms with Crippen molar-refractivity contribution in [2.24, 2.45) is 87.8 Å². The van der Waals surface area contributed by atoms with E-state index in [4.69, 9.17) is 37.9 Å². The average molecular weight is 1770 g/mol. The van der Waals surface area contributed by atoms with Crippen LogP contribution in [-0.2, 0) is 59.8 Å². The second-order valence-electron chi connectivity index (χ2n) is 43.4. The number of halogens is 4. The fourth-order valence-electron chi connectivity index (χ4n) is 28.7. The van der Waals surface area contributed by atoms with Crippen molar-refractivity contribution < 1.29 is 74.6 Å². The summed E-state index contributed by atoms with van der Waals surface area (Å²) in [5.74, 6) is 10.9. The molecule has 0 aromatic heterocycles. The third-order valence-corrected chi connectivity index (χ3v) is 36.0. The van der Waals surface area contributed by atoms with Crippen LogP contribution in [0.2, 0.25) is 0 Å². The van der Waals surface area contributed by atoms with Crippen LogP contribution in [0.25, 0.3) is 0 Å². The van der Waals surface area contributed by atoms with E-state index >= 15 is 0 Å². The van der Waals surface area contributed by atoms with Gasteiger partial charge in [0.2, 0.25) is 17.7 Å². The molecule has 24 rings (SSSR count). The molecule has 696 valence electrons.